The van der Waals surface area contributed by atoms with Gasteiger partial charge in [0.15, 0.2) is 0 Å². The lowest BCUT2D eigenvalue weighted by Crippen LogP contribution is -2.17. The van der Waals surface area contributed by atoms with Gasteiger partial charge in [-0.15, -0.1) is 11.3 Å². The van der Waals surface area contributed by atoms with Gasteiger partial charge < -0.3 is 5.32 Å². The van der Waals surface area contributed by atoms with E-state index in [9.17, 15) is 10.1 Å². The molecule has 1 aromatic heterocycles. The van der Waals surface area contributed by atoms with Crippen molar-refractivity contribution >= 4 is 33.0 Å². The number of nitro groups is 1. The van der Waals surface area contributed by atoms with Crippen LogP contribution in [0.4, 0.5) is 5.69 Å². The van der Waals surface area contributed by atoms with Gasteiger partial charge in [0.25, 0.3) is 5.69 Å². The Morgan fingerprint density at radius 1 is 1.47 bits per heavy atom. The fraction of sp³-hybridized carbons (Fsp3) is 0.231. The Labute approximate surface area is 123 Å². The zero-order chi connectivity index (χ0) is 13.8. The van der Waals surface area contributed by atoms with Crippen molar-refractivity contribution in [3.05, 3.63) is 60.7 Å². The normalized spacial score (nSPS) is 12.3. The molecule has 1 heterocycles. The topological polar surface area (TPSA) is 55.2 Å². The van der Waals surface area contributed by atoms with Crippen LogP contribution in [0.2, 0.25) is 0 Å². The minimum absolute atomic E-state index is 0.147. The minimum Gasteiger partial charge on any atom is -0.305 e. The number of nitrogens with one attached hydrogen (secondary N) is 1. The van der Waals surface area contributed by atoms with Gasteiger partial charge in [-0.05, 0) is 30.5 Å². The Morgan fingerprint density at radius 3 is 2.89 bits per heavy atom. The molecular formula is C13H13BrN2O2S. The van der Waals surface area contributed by atoms with Crippen LogP contribution in [0.1, 0.15) is 23.4 Å². The lowest BCUT2D eigenvalue weighted by Gasteiger charge is -2.12. The van der Waals surface area contributed by atoms with Crippen molar-refractivity contribution < 1.29 is 4.92 Å². The van der Waals surface area contributed by atoms with E-state index in [4.69, 9.17) is 0 Å². The van der Waals surface area contributed by atoms with Crippen molar-refractivity contribution in [2.75, 3.05) is 0 Å². The molecule has 1 aromatic carbocycles. The Balaban J connectivity index is 2.10. The fourth-order valence-corrected chi connectivity index (χ4v) is 2.94. The quantitative estimate of drug-likeness (QED) is 0.653. The standard InChI is InChI=1S/C13H13BrN2O2S/c1-9(13-3-2-6-19-13)15-8-10-7-11(14)4-5-12(10)16(17)18/h2-7,9,15H,8H2,1H3/t9-/m0/s1. The average Bonchev–Trinajstić information content (AvgIpc) is 2.89. The zero-order valence-electron chi connectivity index (χ0n) is 10.3. The zero-order valence-corrected chi connectivity index (χ0v) is 12.7. The summed E-state index contributed by atoms with van der Waals surface area (Å²) in [4.78, 5) is 11.8. The lowest BCUT2D eigenvalue weighted by atomic mass is 10.1. The van der Waals surface area contributed by atoms with Crippen molar-refractivity contribution in [1.82, 2.24) is 5.32 Å². The van der Waals surface area contributed by atoms with Gasteiger partial charge in [-0.3, -0.25) is 10.1 Å². The monoisotopic (exact) mass is 340 g/mol. The number of halogens is 1. The van der Waals surface area contributed by atoms with Crippen LogP contribution >= 0.6 is 27.3 Å². The van der Waals surface area contributed by atoms with Gasteiger partial charge in [-0.1, -0.05) is 22.0 Å². The van der Waals surface area contributed by atoms with Gasteiger partial charge in [0, 0.05) is 33.6 Å². The molecule has 100 valence electrons. The van der Waals surface area contributed by atoms with Crippen LogP contribution < -0.4 is 5.32 Å². The van der Waals surface area contributed by atoms with Crippen LogP contribution in [-0.4, -0.2) is 4.92 Å². The van der Waals surface area contributed by atoms with Crippen LogP contribution in [0.15, 0.2) is 40.2 Å². The number of thiophene rings is 1. The maximum atomic E-state index is 11.0. The molecule has 0 aliphatic rings. The summed E-state index contributed by atoms with van der Waals surface area (Å²) >= 11 is 5.02. The summed E-state index contributed by atoms with van der Waals surface area (Å²) < 4.78 is 0.846. The summed E-state index contributed by atoms with van der Waals surface area (Å²) in [5, 5.41) is 16.3. The molecule has 0 saturated carbocycles. The number of nitrogens with zero attached hydrogens (tertiary/aromatic N) is 1. The lowest BCUT2D eigenvalue weighted by molar-refractivity contribution is -0.385. The Morgan fingerprint density at radius 2 is 2.26 bits per heavy atom. The highest BCUT2D eigenvalue weighted by molar-refractivity contribution is 9.10. The Hall–Kier alpha value is -1.24. The third-order valence-electron chi connectivity index (χ3n) is 2.81. The van der Waals surface area contributed by atoms with Crippen molar-refractivity contribution in [3.63, 3.8) is 0 Å². The average molecular weight is 341 g/mol. The molecular weight excluding hydrogens is 328 g/mol. The molecule has 2 rings (SSSR count). The van der Waals surface area contributed by atoms with E-state index >= 15 is 0 Å². The molecule has 0 fully saturated rings. The summed E-state index contributed by atoms with van der Waals surface area (Å²) in [5.74, 6) is 0. The van der Waals surface area contributed by atoms with E-state index in [1.165, 1.54) is 10.9 Å². The smallest absolute Gasteiger partial charge is 0.273 e. The molecule has 6 heteroatoms. The van der Waals surface area contributed by atoms with E-state index in [1.54, 1.807) is 23.5 Å². The first-order valence-corrected chi connectivity index (χ1v) is 7.45. The van der Waals surface area contributed by atoms with Crippen molar-refractivity contribution in [1.29, 1.82) is 0 Å². The maximum Gasteiger partial charge on any atom is 0.273 e. The molecule has 0 amide bonds. The number of hydrogen-bond donors (Lipinski definition) is 1. The summed E-state index contributed by atoms with van der Waals surface area (Å²) in [6.45, 7) is 2.52. The van der Waals surface area contributed by atoms with Gasteiger partial charge in [0.2, 0.25) is 0 Å². The van der Waals surface area contributed by atoms with Gasteiger partial charge in [-0.2, -0.15) is 0 Å². The van der Waals surface area contributed by atoms with Crippen LogP contribution in [0.3, 0.4) is 0 Å². The van der Waals surface area contributed by atoms with Gasteiger partial charge >= 0.3 is 0 Å². The minimum atomic E-state index is -0.348. The highest BCUT2D eigenvalue weighted by atomic mass is 79.9. The third-order valence-corrected chi connectivity index (χ3v) is 4.36. The van der Waals surface area contributed by atoms with Gasteiger partial charge in [-0.25, -0.2) is 0 Å². The molecule has 4 nitrogen and oxygen atoms in total. The Kier molecular flexibility index (Phi) is 4.68. The second-order valence-electron chi connectivity index (χ2n) is 4.15. The molecule has 1 atom stereocenters. The largest absolute Gasteiger partial charge is 0.305 e. The molecule has 19 heavy (non-hydrogen) atoms. The molecule has 0 saturated heterocycles. The van der Waals surface area contributed by atoms with Crippen LogP contribution in [-0.2, 0) is 6.54 Å². The SMILES string of the molecule is C[C@H](NCc1cc(Br)ccc1[N+](=O)[O-])c1cccs1. The third kappa shape index (κ3) is 3.62. The molecule has 0 spiro atoms. The predicted octanol–water partition coefficient (Wildman–Crippen LogP) is 4.27. The van der Waals surface area contributed by atoms with Crippen molar-refractivity contribution in [2.24, 2.45) is 0 Å². The van der Waals surface area contributed by atoms with Crippen molar-refractivity contribution in [3.8, 4) is 0 Å². The number of rotatable bonds is 5. The second kappa shape index (κ2) is 6.27. The first-order valence-electron chi connectivity index (χ1n) is 5.77. The predicted molar refractivity (Wildman–Crippen MR) is 80.4 cm³/mol. The first-order chi connectivity index (χ1) is 9.08. The summed E-state index contributed by atoms with van der Waals surface area (Å²) in [7, 11) is 0. The summed E-state index contributed by atoms with van der Waals surface area (Å²) in [5.41, 5.74) is 0.830. The molecule has 1 N–H and O–H groups in total. The van der Waals surface area contributed by atoms with E-state index in [0.717, 1.165) is 4.47 Å². The molecule has 0 radical (unpaired) electrons. The van der Waals surface area contributed by atoms with E-state index in [1.807, 2.05) is 11.4 Å². The highest BCUT2D eigenvalue weighted by Crippen LogP contribution is 2.24. The molecule has 0 unspecified atom stereocenters. The van der Waals surface area contributed by atoms with E-state index < -0.39 is 0 Å². The highest BCUT2D eigenvalue weighted by Gasteiger charge is 2.15. The Bertz CT molecular complexity index is 572. The second-order valence-corrected chi connectivity index (χ2v) is 6.04. The summed E-state index contributed by atoms with van der Waals surface area (Å²) in [6.07, 6.45) is 0. The number of nitro benzene ring substituents is 1. The molecule has 2 aromatic rings. The number of benzene rings is 1. The van der Waals surface area contributed by atoms with Crippen LogP contribution in [0, 0.1) is 10.1 Å². The van der Waals surface area contributed by atoms with E-state index in [-0.39, 0.29) is 16.7 Å². The van der Waals surface area contributed by atoms with Crippen molar-refractivity contribution in [2.45, 2.75) is 19.5 Å². The van der Waals surface area contributed by atoms with E-state index in [2.05, 4.69) is 34.2 Å². The molecule has 0 bridgehead atoms. The van der Waals surface area contributed by atoms with Crippen LogP contribution in [0.5, 0.6) is 0 Å². The maximum absolute atomic E-state index is 11.0. The molecule has 0 aliphatic heterocycles. The van der Waals surface area contributed by atoms with Crippen LogP contribution in [0.25, 0.3) is 0 Å². The van der Waals surface area contributed by atoms with E-state index in [0.29, 0.717) is 12.1 Å². The fourth-order valence-electron chi connectivity index (χ4n) is 1.78. The first kappa shape index (κ1) is 14.2. The number of hydrogen-bond acceptors (Lipinski definition) is 4. The van der Waals surface area contributed by atoms with Gasteiger partial charge in [0.1, 0.15) is 0 Å². The molecule has 0 aliphatic carbocycles. The van der Waals surface area contributed by atoms with Gasteiger partial charge in [0.05, 0.1) is 4.92 Å². The summed E-state index contributed by atoms with van der Waals surface area (Å²) in [6, 6.07) is 9.23.